The molecule has 0 aromatic heterocycles. The number of amides is 1. The van der Waals surface area contributed by atoms with Gasteiger partial charge in [0.25, 0.3) is 0 Å². The molecule has 2 saturated heterocycles. The summed E-state index contributed by atoms with van der Waals surface area (Å²) in [4.78, 5) is 15.0. The van der Waals surface area contributed by atoms with Crippen LogP contribution in [0.4, 0.5) is 0 Å². The molecule has 2 bridgehead atoms. The van der Waals surface area contributed by atoms with Crippen molar-refractivity contribution in [3.05, 3.63) is 33.8 Å². The summed E-state index contributed by atoms with van der Waals surface area (Å²) < 4.78 is 0. The monoisotopic (exact) mass is 402 g/mol. The van der Waals surface area contributed by atoms with Gasteiger partial charge < -0.3 is 10.2 Å². The van der Waals surface area contributed by atoms with Crippen molar-refractivity contribution < 1.29 is 4.79 Å². The number of rotatable bonds is 5. The maximum absolute atomic E-state index is 12.9. The number of carbonyl (C=O) groups is 1. The van der Waals surface area contributed by atoms with Crippen LogP contribution in [-0.4, -0.2) is 28.9 Å². The zero-order valence-corrected chi connectivity index (χ0v) is 16.5. The normalized spacial score (nSPS) is 27.7. The van der Waals surface area contributed by atoms with Crippen molar-refractivity contribution in [3.63, 3.8) is 0 Å². The molecule has 3 aliphatic rings. The maximum atomic E-state index is 12.9. The summed E-state index contributed by atoms with van der Waals surface area (Å²) in [6.45, 7) is 0.651. The molecule has 2 heterocycles. The highest BCUT2D eigenvalue weighted by molar-refractivity contribution is 6.42. The fourth-order valence-electron chi connectivity index (χ4n) is 4.35. The van der Waals surface area contributed by atoms with Crippen molar-refractivity contribution in [1.29, 1.82) is 0 Å². The zero-order chi connectivity index (χ0) is 16.7. The lowest BCUT2D eigenvalue weighted by Crippen LogP contribution is -2.40. The van der Waals surface area contributed by atoms with E-state index in [9.17, 15) is 4.79 Å². The molecule has 3 nitrogen and oxygen atoms in total. The summed E-state index contributed by atoms with van der Waals surface area (Å²) in [5, 5.41) is 4.78. The van der Waals surface area contributed by atoms with E-state index < -0.39 is 0 Å². The Bertz CT molecular complexity index is 623. The molecule has 3 fully saturated rings. The molecule has 1 aromatic carbocycles. The van der Waals surface area contributed by atoms with E-state index in [1.807, 2.05) is 18.2 Å². The van der Waals surface area contributed by atoms with Gasteiger partial charge in [0.2, 0.25) is 5.91 Å². The Kier molecular flexibility index (Phi) is 6.20. The van der Waals surface area contributed by atoms with Crippen molar-refractivity contribution in [2.75, 3.05) is 0 Å². The van der Waals surface area contributed by atoms with Gasteiger partial charge in [0.1, 0.15) is 0 Å². The average molecular weight is 404 g/mol. The number of hydrogen-bond donors (Lipinski definition) is 1. The summed E-state index contributed by atoms with van der Waals surface area (Å²) in [7, 11) is 0. The van der Waals surface area contributed by atoms with Gasteiger partial charge in [-0.15, -0.1) is 12.4 Å². The minimum Gasteiger partial charge on any atom is -0.335 e. The third-order valence-corrected chi connectivity index (χ3v) is 6.42. The Balaban J connectivity index is 0.00000182. The van der Waals surface area contributed by atoms with Crippen LogP contribution in [0.2, 0.25) is 10.0 Å². The lowest BCUT2D eigenvalue weighted by molar-refractivity contribution is -0.133. The van der Waals surface area contributed by atoms with E-state index in [1.54, 1.807) is 0 Å². The second-order valence-electron chi connectivity index (χ2n) is 7.68. The quantitative estimate of drug-likeness (QED) is 0.764. The van der Waals surface area contributed by atoms with Crippen LogP contribution in [0.3, 0.4) is 0 Å². The first-order chi connectivity index (χ1) is 11.6. The third-order valence-electron chi connectivity index (χ3n) is 5.68. The predicted octanol–water partition coefficient (Wildman–Crippen LogP) is 4.83. The molecular formula is C19H25Cl3N2O. The number of benzene rings is 1. The molecule has 1 amide bonds. The van der Waals surface area contributed by atoms with Crippen LogP contribution in [0.1, 0.15) is 50.5 Å². The number of halogens is 3. The van der Waals surface area contributed by atoms with Crippen LogP contribution in [-0.2, 0) is 11.3 Å². The van der Waals surface area contributed by atoms with Gasteiger partial charge in [-0.1, -0.05) is 29.3 Å². The van der Waals surface area contributed by atoms with Gasteiger partial charge in [0, 0.05) is 31.1 Å². The lowest BCUT2D eigenvalue weighted by Gasteiger charge is -2.31. The molecule has 2 unspecified atom stereocenters. The molecule has 2 aliphatic heterocycles. The highest BCUT2D eigenvalue weighted by Gasteiger charge is 2.37. The molecule has 1 aromatic rings. The fourth-order valence-corrected chi connectivity index (χ4v) is 4.67. The van der Waals surface area contributed by atoms with Crippen molar-refractivity contribution in [3.8, 4) is 0 Å². The second kappa shape index (κ2) is 8.04. The highest BCUT2D eigenvalue weighted by Crippen LogP contribution is 2.35. The summed E-state index contributed by atoms with van der Waals surface area (Å²) >= 11 is 12.1. The lowest BCUT2D eigenvalue weighted by atomic mass is 9.89. The van der Waals surface area contributed by atoms with E-state index in [4.69, 9.17) is 23.2 Å². The number of piperidine rings is 1. The SMILES string of the molecule is Cl.O=C(CC1CC2CCC(C1)N2)N(Cc1ccc(Cl)c(Cl)c1)C1CC1. The summed E-state index contributed by atoms with van der Waals surface area (Å²) in [6.07, 6.45) is 7.85. The Morgan fingerprint density at radius 1 is 1.08 bits per heavy atom. The van der Waals surface area contributed by atoms with E-state index in [1.165, 1.54) is 12.8 Å². The maximum Gasteiger partial charge on any atom is 0.223 e. The van der Waals surface area contributed by atoms with Gasteiger partial charge in [0.05, 0.1) is 10.0 Å². The van der Waals surface area contributed by atoms with Crippen molar-refractivity contribution in [1.82, 2.24) is 10.2 Å². The molecule has 0 spiro atoms. The van der Waals surface area contributed by atoms with Crippen molar-refractivity contribution in [2.45, 2.75) is 69.6 Å². The third kappa shape index (κ3) is 4.63. The van der Waals surface area contributed by atoms with E-state index in [2.05, 4.69) is 10.2 Å². The van der Waals surface area contributed by atoms with Gasteiger partial charge in [-0.3, -0.25) is 4.79 Å². The highest BCUT2D eigenvalue weighted by atomic mass is 35.5. The van der Waals surface area contributed by atoms with Crippen molar-refractivity contribution >= 4 is 41.5 Å². The van der Waals surface area contributed by atoms with Gasteiger partial charge in [0.15, 0.2) is 0 Å². The zero-order valence-electron chi connectivity index (χ0n) is 14.2. The van der Waals surface area contributed by atoms with Crippen LogP contribution in [0.25, 0.3) is 0 Å². The summed E-state index contributed by atoms with van der Waals surface area (Å²) in [6, 6.07) is 7.39. The number of nitrogens with one attached hydrogen (secondary N) is 1. The molecule has 1 aliphatic carbocycles. The number of carbonyl (C=O) groups excluding carboxylic acids is 1. The molecule has 1 N–H and O–H groups in total. The van der Waals surface area contributed by atoms with E-state index in [-0.39, 0.29) is 12.4 Å². The van der Waals surface area contributed by atoms with E-state index in [0.29, 0.717) is 53.0 Å². The first-order valence-electron chi connectivity index (χ1n) is 9.08. The Morgan fingerprint density at radius 3 is 2.36 bits per heavy atom. The van der Waals surface area contributed by atoms with Crippen LogP contribution < -0.4 is 5.32 Å². The van der Waals surface area contributed by atoms with Gasteiger partial charge in [-0.2, -0.15) is 0 Å². The predicted molar refractivity (Wildman–Crippen MR) is 105 cm³/mol. The molecule has 25 heavy (non-hydrogen) atoms. The van der Waals surface area contributed by atoms with E-state index >= 15 is 0 Å². The Hall–Kier alpha value is -0.480. The molecular weight excluding hydrogens is 379 g/mol. The first-order valence-corrected chi connectivity index (χ1v) is 9.83. The first kappa shape index (κ1) is 19.3. The average Bonchev–Trinajstić information content (AvgIpc) is 3.33. The minimum absolute atomic E-state index is 0. The van der Waals surface area contributed by atoms with Crippen LogP contribution in [0.5, 0.6) is 0 Å². The smallest absolute Gasteiger partial charge is 0.223 e. The summed E-state index contributed by atoms with van der Waals surface area (Å²) in [5.41, 5.74) is 1.06. The molecule has 6 heteroatoms. The van der Waals surface area contributed by atoms with Crippen LogP contribution >= 0.6 is 35.6 Å². The topological polar surface area (TPSA) is 32.3 Å². The summed E-state index contributed by atoms with van der Waals surface area (Å²) in [5.74, 6) is 0.862. The van der Waals surface area contributed by atoms with Gasteiger partial charge in [-0.25, -0.2) is 0 Å². The number of hydrogen-bond acceptors (Lipinski definition) is 2. The van der Waals surface area contributed by atoms with E-state index in [0.717, 1.165) is 31.2 Å². The Morgan fingerprint density at radius 2 is 1.76 bits per heavy atom. The molecule has 1 saturated carbocycles. The number of fused-ring (bicyclic) bond motifs is 2. The minimum atomic E-state index is 0. The second-order valence-corrected chi connectivity index (χ2v) is 8.50. The Labute approximate surface area is 165 Å². The van der Waals surface area contributed by atoms with Crippen molar-refractivity contribution in [2.24, 2.45) is 5.92 Å². The molecule has 0 radical (unpaired) electrons. The molecule has 4 rings (SSSR count). The van der Waals surface area contributed by atoms with Gasteiger partial charge in [-0.05, 0) is 62.1 Å². The molecule has 2 atom stereocenters. The van der Waals surface area contributed by atoms with Crippen LogP contribution in [0, 0.1) is 5.92 Å². The largest absolute Gasteiger partial charge is 0.335 e. The standard InChI is InChI=1S/C19H24Cl2N2O.ClH/c20-17-6-1-12(9-18(17)21)11-23(16-4-5-16)19(24)10-13-7-14-2-3-15(8-13)22-14;/h1,6,9,13-16,22H,2-5,7-8,10-11H2;1H. The van der Waals surface area contributed by atoms with Gasteiger partial charge >= 0.3 is 0 Å². The van der Waals surface area contributed by atoms with Crippen LogP contribution in [0.15, 0.2) is 18.2 Å². The molecule has 138 valence electrons. The number of nitrogens with zero attached hydrogens (tertiary/aromatic N) is 1. The fraction of sp³-hybridized carbons (Fsp3) is 0.632.